The summed E-state index contributed by atoms with van der Waals surface area (Å²) in [5.74, 6) is 0.599. The molecule has 134 valence electrons. The van der Waals surface area contributed by atoms with E-state index in [9.17, 15) is 4.79 Å². The highest BCUT2D eigenvalue weighted by molar-refractivity contribution is 5.97. The van der Waals surface area contributed by atoms with E-state index in [0.717, 1.165) is 18.4 Å². The smallest absolute Gasteiger partial charge is 0.163 e. The van der Waals surface area contributed by atoms with Crippen LogP contribution in [0.2, 0.25) is 0 Å². The molecule has 3 aromatic rings. The average Bonchev–Trinajstić information content (AvgIpc) is 2.89. The first-order valence-corrected chi connectivity index (χ1v) is 9.64. The van der Waals surface area contributed by atoms with Gasteiger partial charge in [0.1, 0.15) is 0 Å². The van der Waals surface area contributed by atoms with Crippen LogP contribution in [0.4, 0.5) is 0 Å². The number of hydrogen-bond acceptors (Lipinski definition) is 1. The van der Waals surface area contributed by atoms with Crippen LogP contribution in [0.5, 0.6) is 0 Å². The highest BCUT2D eigenvalue weighted by Crippen LogP contribution is 2.42. The van der Waals surface area contributed by atoms with Crippen LogP contribution in [0.15, 0.2) is 36.4 Å². The number of Topliss-reactive ketones (excluding diaryl/α,β-unsaturated/α-hetero) is 1. The summed E-state index contributed by atoms with van der Waals surface area (Å²) in [6.45, 7) is 6.43. The molecule has 1 aliphatic carbocycles. The maximum absolute atomic E-state index is 12.9. The summed E-state index contributed by atoms with van der Waals surface area (Å²) < 4.78 is 2.38. The molecule has 1 unspecified atom stereocenters. The van der Waals surface area contributed by atoms with Gasteiger partial charge in [0.15, 0.2) is 5.78 Å². The van der Waals surface area contributed by atoms with Crippen molar-refractivity contribution in [3.63, 3.8) is 0 Å². The second-order valence-electron chi connectivity index (χ2n) is 7.98. The predicted molar refractivity (Wildman–Crippen MR) is 108 cm³/mol. The van der Waals surface area contributed by atoms with Gasteiger partial charge in [-0.1, -0.05) is 41.5 Å². The molecule has 0 spiro atoms. The normalized spacial score (nSPS) is 16.7. The Balaban J connectivity index is 1.76. The SMILES string of the molecule is Cc1ccc(C(=O)CC2CCCc3c2c2cc(C)cc(C)c2n3C)cc1. The van der Waals surface area contributed by atoms with Crippen molar-refractivity contribution >= 4 is 16.7 Å². The lowest BCUT2D eigenvalue weighted by Gasteiger charge is -2.23. The number of ketones is 1. The van der Waals surface area contributed by atoms with Gasteiger partial charge in [0, 0.05) is 30.1 Å². The van der Waals surface area contributed by atoms with Crippen molar-refractivity contribution in [2.24, 2.45) is 7.05 Å². The van der Waals surface area contributed by atoms with Crippen LogP contribution in [0.3, 0.4) is 0 Å². The van der Waals surface area contributed by atoms with Gasteiger partial charge in [-0.3, -0.25) is 4.79 Å². The van der Waals surface area contributed by atoms with Crippen molar-refractivity contribution in [2.75, 3.05) is 0 Å². The van der Waals surface area contributed by atoms with Crippen LogP contribution in [-0.2, 0) is 13.5 Å². The Labute approximate surface area is 155 Å². The number of carbonyl (C=O) groups is 1. The summed E-state index contributed by atoms with van der Waals surface area (Å²) in [6, 6.07) is 12.6. The molecule has 1 aliphatic rings. The number of aromatic nitrogens is 1. The first kappa shape index (κ1) is 17.1. The fraction of sp³-hybridized carbons (Fsp3) is 0.375. The minimum absolute atomic E-state index is 0.268. The molecule has 2 nitrogen and oxygen atoms in total. The van der Waals surface area contributed by atoms with Crippen LogP contribution in [-0.4, -0.2) is 10.4 Å². The van der Waals surface area contributed by atoms with E-state index < -0.39 is 0 Å². The number of nitrogens with zero attached hydrogens (tertiary/aromatic N) is 1. The molecular weight excluding hydrogens is 318 g/mol. The van der Waals surface area contributed by atoms with Crippen molar-refractivity contribution in [3.05, 3.63) is 69.9 Å². The molecule has 0 aliphatic heterocycles. The minimum Gasteiger partial charge on any atom is -0.347 e. The van der Waals surface area contributed by atoms with E-state index in [1.807, 2.05) is 24.3 Å². The molecular formula is C24H27NO. The van der Waals surface area contributed by atoms with Crippen LogP contribution in [0, 0.1) is 20.8 Å². The molecule has 1 aromatic heterocycles. The van der Waals surface area contributed by atoms with Gasteiger partial charge < -0.3 is 4.57 Å². The summed E-state index contributed by atoms with van der Waals surface area (Å²) in [5, 5.41) is 1.36. The van der Waals surface area contributed by atoms with Crippen molar-refractivity contribution < 1.29 is 4.79 Å². The number of carbonyl (C=O) groups excluding carboxylic acids is 1. The molecule has 2 aromatic carbocycles. The summed E-state index contributed by atoms with van der Waals surface area (Å²) in [7, 11) is 2.19. The van der Waals surface area contributed by atoms with E-state index in [0.29, 0.717) is 12.3 Å². The van der Waals surface area contributed by atoms with Gasteiger partial charge in [0.05, 0.1) is 5.52 Å². The van der Waals surface area contributed by atoms with Gasteiger partial charge >= 0.3 is 0 Å². The highest BCUT2D eigenvalue weighted by atomic mass is 16.1. The lowest BCUT2D eigenvalue weighted by atomic mass is 9.81. The Kier molecular flexibility index (Phi) is 4.22. The number of fused-ring (bicyclic) bond motifs is 3. The second-order valence-corrected chi connectivity index (χ2v) is 7.98. The second kappa shape index (κ2) is 6.42. The zero-order chi connectivity index (χ0) is 18.4. The van der Waals surface area contributed by atoms with Gasteiger partial charge in [-0.25, -0.2) is 0 Å². The zero-order valence-corrected chi connectivity index (χ0v) is 16.2. The molecule has 0 bridgehead atoms. The van der Waals surface area contributed by atoms with Gasteiger partial charge in [-0.2, -0.15) is 0 Å². The van der Waals surface area contributed by atoms with Crippen molar-refractivity contribution in [1.82, 2.24) is 4.57 Å². The molecule has 0 amide bonds. The topological polar surface area (TPSA) is 22.0 Å². The lowest BCUT2D eigenvalue weighted by molar-refractivity contribution is 0.0971. The van der Waals surface area contributed by atoms with Crippen molar-refractivity contribution in [3.8, 4) is 0 Å². The molecule has 0 N–H and O–H groups in total. The van der Waals surface area contributed by atoms with E-state index in [-0.39, 0.29) is 5.78 Å². The van der Waals surface area contributed by atoms with Gasteiger partial charge in [-0.05, 0) is 63.1 Å². The molecule has 0 radical (unpaired) electrons. The molecule has 1 heterocycles. The van der Waals surface area contributed by atoms with Crippen LogP contribution < -0.4 is 0 Å². The quantitative estimate of drug-likeness (QED) is 0.550. The summed E-state index contributed by atoms with van der Waals surface area (Å²) in [4.78, 5) is 12.9. The number of aryl methyl sites for hydroxylation is 4. The van der Waals surface area contributed by atoms with E-state index in [2.05, 4.69) is 44.5 Å². The third kappa shape index (κ3) is 2.78. The summed E-state index contributed by atoms with van der Waals surface area (Å²) in [5.41, 5.74) is 8.88. The Bertz CT molecular complexity index is 991. The number of benzene rings is 2. The summed E-state index contributed by atoms with van der Waals surface area (Å²) >= 11 is 0. The number of hydrogen-bond donors (Lipinski definition) is 0. The van der Waals surface area contributed by atoms with Crippen LogP contribution in [0.1, 0.15) is 63.5 Å². The fourth-order valence-corrected chi connectivity index (χ4v) is 4.78. The number of rotatable bonds is 3. The first-order valence-electron chi connectivity index (χ1n) is 9.64. The standard InChI is InChI=1S/C24H27NO/c1-15-8-10-18(11-9-15)22(26)14-19-6-5-7-21-23(19)20-13-16(2)12-17(3)24(20)25(21)4/h8-13,19H,5-7,14H2,1-4H3. The summed E-state index contributed by atoms with van der Waals surface area (Å²) in [6.07, 6.45) is 4.01. The molecule has 26 heavy (non-hydrogen) atoms. The van der Waals surface area contributed by atoms with Gasteiger partial charge in [-0.15, -0.1) is 0 Å². The molecule has 4 rings (SSSR count). The third-order valence-electron chi connectivity index (χ3n) is 5.97. The Morgan fingerprint density at radius 2 is 1.81 bits per heavy atom. The maximum Gasteiger partial charge on any atom is 0.163 e. The lowest BCUT2D eigenvalue weighted by Crippen LogP contribution is -2.15. The molecule has 0 saturated carbocycles. The predicted octanol–water partition coefficient (Wildman–Crippen LogP) is 5.80. The van der Waals surface area contributed by atoms with Crippen molar-refractivity contribution in [2.45, 2.75) is 52.4 Å². The fourth-order valence-electron chi connectivity index (χ4n) is 4.78. The Morgan fingerprint density at radius 1 is 1.08 bits per heavy atom. The molecule has 0 fully saturated rings. The zero-order valence-electron chi connectivity index (χ0n) is 16.2. The van der Waals surface area contributed by atoms with E-state index in [1.54, 1.807) is 0 Å². The molecule has 1 atom stereocenters. The molecule has 2 heteroatoms. The monoisotopic (exact) mass is 345 g/mol. The van der Waals surface area contributed by atoms with Crippen molar-refractivity contribution in [1.29, 1.82) is 0 Å². The van der Waals surface area contributed by atoms with Gasteiger partial charge in [0.25, 0.3) is 0 Å². The third-order valence-corrected chi connectivity index (χ3v) is 5.97. The maximum atomic E-state index is 12.9. The molecule has 0 saturated heterocycles. The van der Waals surface area contributed by atoms with E-state index in [4.69, 9.17) is 0 Å². The minimum atomic E-state index is 0.268. The Morgan fingerprint density at radius 3 is 2.54 bits per heavy atom. The van der Waals surface area contributed by atoms with Gasteiger partial charge in [0.2, 0.25) is 0 Å². The van der Waals surface area contributed by atoms with Crippen LogP contribution in [0.25, 0.3) is 10.9 Å². The average molecular weight is 345 g/mol. The first-order chi connectivity index (χ1) is 12.5. The highest BCUT2D eigenvalue weighted by Gasteiger charge is 2.29. The largest absolute Gasteiger partial charge is 0.347 e. The Hall–Kier alpha value is -2.35. The van der Waals surface area contributed by atoms with Crippen LogP contribution >= 0.6 is 0 Å². The van der Waals surface area contributed by atoms with E-state index in [1.165, 1.54) is 45.3 Å². The van der Waals surface area contributed by atoms with E-state index >= 15 is 0 Å².